The molecule has 2 aliphatic rings. The van der Waals surface area contributed by atoms with Crippen LogP contribution in [0.5, 0.6) is 0 Å². The number of aryl methyl sites for hydroxylation is 1. The van der Waals surface area contributed by atoms with Gasteiger partial charge in [0.25, 0.3) is 0 Å². The van der Waals surface area contributed by atoms with Gasteiger partial charge >= 0.3 is 0 Å². The quantitative estimate of drug-likeness (QED) is 0.0622. The van der Waals surface area contributed by atoms with Gasteiger partial charge in [0.2, 0.25) is 5.69 Å². The number of ketones is 2. The van der Waals surface area contributed by atoms with E-state index in [4.69, 9.17) is 0 Å². The molecule has 0 spiro atoms. The van der Waals surface area contributed by atoms with Gasteiger partial charge in [0, 0.05) is 73.2 Å². The van der Waals surface area contributed by atoms with Crippen molar-refractivity contribution in [2.24, 2.45) is 0 Å². The number of hydrogen-bond donors (Lipinski definition) is 0. The van der Waals surface area contributed by atoms with E-state index >= 15 is 0 Å². The molecule has 276 valence electrons. The molecule has 4 rings (SSSR count). The van der Waals surface area contributed by atoms with Gasteiger partial charge < -0.3 is 9.45 Å². The lowest BCUT2D eigenvalue weighted by molar-refractivity contribution is -0.438. The fourth-order valence-electron chi connectivity index (χ4n) is 7.61. The third-order valence-electron chi connectivity index (χ3n) is 10.6. The van der Waals surface area contributed by atoms with Gasteiger partial charge in [0.05, 0.1) is 10.3 Å². The number of hydrogen-bond acceptors (Lipinski definition) is 6. The highest BCUT2D eigenvalue weighted by atomic mass is 32.2. The van der Waals surface area contributed by atoms with Crippen molar-refractivity contribution >= 4 is 38.8 Å². The topological polar surface area (TPSA) is 97.6 Å². The van der Waals surface area contributed by atoms with Crippen molar-refractivity contribution in [3.05, 3.63) is 89.2 Å². The molecule has 2 heterocycles. The van der Waals surface area contributed by atoms with E-state index in [2.05, 4.69) is 87.4 Å². The second-order valence-electron chi connectivity index (χ2n) is 15.1. The number of fused-ring (bicyclic) bond motifs is 2. The van der Waals surface area contributed by atoms with Crippen LogP contribution in [-0.2, 0) is 30.5 Å². The number of benzene rings is 2. The van der Waals surface area contributed by atoms with Crippen molar-refractivity contribution in [2.45, 2.75) is 135 Å². The molecule has 0 fully saturated rings. The van der Waals surface area contributed by atoms with Crippen molar-refractivity contribution in [3.63, 3.8) is 0 Å². The van der Waals surface area contributed by atoms with Crippen LogP contribution in [0.2, 0.25) is 0 Å². The fourth-order valence-corrected chi connectivity index (χ4v) is 8.10. The van der Waals surface area contributed by atoms with E-state index < -0.39 is 15.5 Å². The third-order valence-corrected chi connectivity index (χ3v) is 11.5. The van der Waals surface area contributed by atoms with E-state index in [1.54, 1.807) is 6.07 Å². The van der Waals surface area contributed by atoms with Crippen LogP contribution in [0.1, 0.15) is 129 Å². The molecule has 0 amide bonds. The number of carbonyl (C=O) groups excluding carboxylic acids is 2. The Bertz CT molecular complexity index is 1830. The summed E-state index contributed by atoms with van der Waals surface area (Å²) in [5.41, 5.74) is 7.23. The molecule has 0 N–H and O–H groups in total. The van der Waals surface area contributed by atoms with Crippen LogP contribution >= 0.6 is 0 Å². The molecular formula is C43H58N2O5S. The molecule has 0 radical (unpaired) electrons. The Balaban J connectivity index is 1.44. The van der Waals surface area contributed by atoms with Gasteiger partial charge in [-0.15, -0.1) is 0 Å². The third kappa shape index (κ3) is 9.63. The maximum Gasteiger partial charge on any atom is 0.209 e. The van der Waals surface area contributed by atoms with Crippen molar-refractivity contribution in [2.75, 3.05) is 18.0 Å². The number of anilines is 1. The molecule has 2 aromatic carbocycles. The van der Waals surface area contributed by atoms with Crippen LogP contribution in [0.3, 0.4) is 0 Å². The van der Waals surface area contributed by atoms with E-state index in [0.29, 0.717) is 37.2 Å². The molecule has 2 aliphatic heterocycles. The lowest BCUT2D eigenvalue weighted by atomic mass is 9.81. The smallest absolute Gasteiger partial charge is 0.209 e. The van der Waals surface area contributed by atoms with Gasteiger partial charge in [0.1, 0.15) is 28.2 Å². The summed E-state index contributed by atoms with van der Waals surface area (Å²) >= 11 is 0. The number of rotatable bonds is 19. The van der Waals surface area contributed by atoms with Crippen LogP contribution in [0.25, 0.3) is 0 Å². The standard InChI is InChI=1S/C43H58N2O5S/c1-8-33(46)20-14-10-11-15-21-34(47)22-16-13-19-29-45-39-28-26-35(51(48,49)50)31-37(39)43(6,7)41(45)24-18-12-17-23-40-42(4,5)36-30-32(3)25-27-38(36)44(40)9-2/h12,17-18,23-28,30-31H,8-11,13-16,19-22,29H2,1-7H3. The second-order valence-corrected chi connectivity index (χ2v) is 16.5. The normalized spacial score (nSPS) is 17.3. The van der Waals surface area contributed by atoms with Crippen LogP contribution < -0.4 is 4.90 Å². The van der Waals surface area contributed by atoms with E-state index in [1.807, 2.05) is 19.1 Å². The Kier molecular flexibility index (Phi) is 13.6. The van der Waals surface area contributed by atoms with Gasteiger partial charge in [-0.1, -0.05) is 69.5 Å². The zero-order chi connectivity index (χ0) is 37.4. The average molecular weight is 715 g/mol. The highest BCUT2D eigenvalue weighted by molar-refractivity contribution is 7.85. The first-order chi connectivity index (χ1) is 24.1. The minimum absolute atomic E-state index is 0.118. The van der Waals surface area contributed by atoms with E-state index in [1.165, 1.54) is 34.6 Å². The van der Waals surface area contributed by atoms with Gasteiger partial charge in [-0.2, -0.15) is 4.58 Å². The molecule has 0 unspecified atom stereocenters. The number of nitrogens with zero attached hydrogens (tertiary/aromatic N) is 2. The Morgan fingerprint density at radius 2 is 1.43 bits per heavy atom. The van der Waals surface area contributed by atoms with Crippen molar-refractivity contribution < 1.29 is 27.1 Å². The molecule has 0 saturated carbocycles. The molecule has 51 heavy (non-hydrogen) atoms. The largest absolute Gasteiger partial charge is 0.744 e. The SMILES string of the molecule is CCC(=O)CCCCCCC(=O)CCCCC[N+]1=C(/C=C/C=C/C=C2\N(CC)c3ccc(C)cc3C2(C)C)C(C)(C)c2cc(S(=O)(=O)[O-])ccc21. The number of unbranched alkanes of at least 4 members (excludes halogenated alkanes) is 5. The van der Waals surface area contributed by atoms with E-state index in [9.17, 15) is 22.6 Å². The predicted octanol–water partition coefficient (Wildman–Crippen LogP) is 9.54. The first kappa shape index (κ1) is 40.2. The van der Waals surface area contributed by atoms with Crippen LogP contribution in [0.15, 0.2) is 77.4 Å². The summed E-state index contributed by atoms with van der Waals surface area (Å²) in [5.74, 6) is 0.615. The van der Waals surface area contributed by atoms with Crippen molar-refractivity contribution in [1.82, 2.24) is 0 Å². The molecule has 0 atom stereocenters. The zero-order valence-corrected chi connectivity index (χ0v) is 32.7. The second kappa shape index (κ2) is 17.3. The summed E-state index contributed by atoms with van der Waals surface area (Å²) in [6, 6.07) is 11.4. The van der Waals surface area contributed by atoms with Crippen LogP contribution in [0, 0.1) is 6.92 Å². The van der Waals surface area contributed by atoms with Crippen molar-refractivity contribution in [1.29, 1.82) is 0 Å². The lowest BCUT2D eigenvalue weighted by Crippen LogP contribution is -2.28. The molecule has 8 heteroatoms. The van der Waals surface area contributed by atoms with E-state index in [0.717, 1.165) is 75.0 Å². The molecule has 0 aromatic heterocycles. The Morgan fingerprint density at radius 3 is 2.06 bits per heavy atom. The Labute approximate surface area is 307 Å². The molecule has 2 aromatic rings. The molecule has 0 aliphatic carbocycles. The van der Waals surface area contributed by atoms with Crippen molar-refractivity contribution in [3.8, 4) is 0 Å². The highest BCUT2D eigenvalue weighted by Crippen LogP contribution is 2.48. The van der Waals surface area contributed by atoms with Crippen LogP contribution in [0.4, 0.5) is 11.4 Å². The maximum absolute atomic E-state index is 12.5. The fraction of sp³-hybridized carbons (Fsp3) is 0.512. The molecule has 0 bridgehead atoms. The van der Waals surface area contributed by atoms with E-state index in [-0.39, 0.29) is 10.3 Å². The van der Waals surface area contributed by atoms with Gasteiger partial charge in [-0.05, 0) is 83.2 Å². The van der Waals surface area contributed by atoms with Gasteiger partial charge in [-0.25, -0.2) is 8.42 Å². The number of likely N-dealkylation sites (N-methyl/N-ethyl adjacent to an activating group) is 1. The summed E-state index contributed by atoms with van der Waals surface area (Å²) in [7, 11) is -4.59. The highest BCUT2D eigenvalue weighted by Gasteiger charge is 2.44. The minimum atomic E-state index is -4.59. The summed E-state index contributed by atoms with van der Waals surface area (Å²) in [4.78, 5) is 26.1. The monoisotopic (exact) mass is 714 g/mol. The molecule has 0 saturated heterocycles. The Hall–Kier alpha value is -3.62. The Morgan fingerprint density at radius 1 is 0.784 bits per heavy atom. The lowest BCUT2D eigenvalue weighted by Gasteiger charge is -2.25. The molecular weight excluding hydrogens is 657 g/mol. The zero-order valence-electron chi connectivity index (χ0n) is 31.9. The molecule has 7 nitrogen and oxygen atoms in total. The predicted molar refractivity (Wildman–Crippen MR) is 207 cm³/mol. The maximum atomic E-state index is 12.5. The summed E-state index contributed by atoms with van der Waals surface area (Å²) in [6.45, 7) is 16.5. The van der Waals surface area contributed by atoms with Crippen LogP contribution in [-0.4, -0.2) is 47.9 Å². The van der Waals surface area contributed by atoms with Gasteiger partial charge in [0.15, 0.2) is 5.71 Å². The van der Waals surface area contributed by atoms with Gasteiger partial charge in [-0.3, -0.25) is 9.59 Å². The first-order valence-electron chi connectivity index (χ1n) is 18.9. The number of Topliss-reactive ketones (excluding diaryl/α,β-unsaturated/α-hetero) is 2. The first-order valence-corrected chi connectivity index (χ1v) is 20.3. The average Bonchev–Trinajstić information content (AvgIpc) is 3.42. The summed E-state index contributed by atoms with van der Waals surface area (Å²) < 4.78 is 38.1. The minimum Gasteiger partial charge on any atom is -0.744 e. The summed E-state index contributed by atoms with van der Waals surface area (Å²) in [5, 5.41) is 0. The number of allylic oxidation sites excluding steroid dienone is 6. The number of carbonyl (C=O) groups is 2. The summed E-state index contributed by atoms with van der Waals surface area (Å²) in [6.07, 6.45) is 19.3.